The van der Waals surface area contributed by atoms with E-state index >= 15 is 0 Å². The molecule has 1 aromatic carbocycles. The van der Waals surface area contributed by atoms with Gasteiger partial charge in [-0.05, 0) is 62.8 Å². The second kappa shape index (κ2) is 9.28. The van der Waals surface area contributed by atoms with E-state index in [9.17, 15) is 0 Å². The topological polar surface area (TPSA) is 62.3 Å². The number of halogens is 2. The quantitative estimate of drug-likeness (QED) is 0.843. The first kappa shape index (κ1) is 21.3. The van der Waals surface area contributed by atoms with Gasteiger partial charge in [0.1, 0.15) is 5.75 Å². The van der Waals surface area contributed by atoms with Gasteiger partial charge in [0.2, 0.25) is 0 Å². The summed E-state index contributed by atoms with van der Waals surface area (Å²) in [4.78, 5) is 2.61. The van der Waals surface area contributed by atoms with Crippen LogP contribution in [0.15, 0.2) is 18.2 Å². The fourth-order valence-electron chi connectivity index (χ4n) is 4.74. The van der Waals surface area contributed by atoms with Gasteiger partial charge in [0.25, 0.3) is 0 Å². The van der Waals surface area contributed by atoms with Crippen LogP contribution in [-0.4, -0.2) is 37.2 Å². The Labute approximate surface area is 168 Å². The molecule has 0 unspecified atom stereocenters. The van der Waals surface area contributed by atoms with Crippen LogP contribution in [0.1, 0.15) is 49.1 Å². The van der Waals surface area contributed by atoms with Crippen LogP contribution >= 0.6 is 24.8 Å². The average Bonchev–Trinajstić information content (AvgIpc) is 3.04. The molecule has 6 heteroatoms. The van der Waals surface area contributed by atoms with Crippen molar-refractivity contribution in [2.45, 2.75) is 44.1 Å². The second-order valence-corrected chi connectivity index (χ2v) is 7.87. The van der Waals surface area contributed by atoms with Gasteiger partial charge in [-0.2, -0.15) is 5.26 Å². The predicted molar refractivity (Wildman–Crippen MR) is 108 cm³/mol. The fraction of sp³-hybridized carbons (Fsp3) is 0.650. The molecular formula is C20H29Cl2N3O. The monoisotopic (exact) mass is 397 g/mol. The molecule has 0 spiro atoms. The molecule has 2 aliphatic heterocycles. The Hall–Kier alpha value is -0.990. The summed E-state index contributed by atoms with van der Waals surface area (Å²) >= 11 is 0. The molecule has 2 N–H and O–H groups in total. The minimum absolute atomic E-state index is 0. The second-order valence-electron chi connectivity index (χ2n) is 7.87. The maximum absolute atomic E-state index is 9.17. The summed E-state index contributed by atoms with van der Waals surface area (Å²) in [6, 6.07) is 8.57. The predicted octanol–water partition coefficient (Wildman–Crippen LogP) is 3.72. The van der Waals surface area contributed by atoms with Gasteiger partial charge in [-0.3, -0.25) is 0 Å². The zero-order valence-corrected chi connectivity index (χ0v) is 16.7. The number of ether oxygens (including phenoxy) is 1. The van der Waals surface area contributed by atoms with E-state index in [4.69, 9.17) is 15.7 Å². The van der Waals surface area contributed by atoms with Crippen molar-refractivity contribution < 1.29 is 4.74 Å². The lowest BCUT2D eigenvalue weighted by Crippen LogP contribution is -2.29. The molecule has 0 bridgehead atoms. The lowest BCUT2D eigenvalue weighted by Gasteiger charge is -2.27. The third kappa shape index (κ3) is 4.46. The minimum atomic E-state index is 0. The van der Waals surface area contributed by atoms with E-state index in [1.807, 2.05) is 18.2 Å². The van der Waals surface area contributed by atoms with E-state index in [1.54, 1.807) is 0 Å². The molecular weight excluding hydrogens is 369 g/mol. The molecule has 1 aromatic rings. The van der Waals surface area contributed by atoms with Crippen LogP contribution in [0.2, 0.25) is 0 Å². The first-order valence-electron chi connectivity index (χ1n) is 9.37. The molecule has 0 aromatic heterocycles. The van der Waals surface area contributed by atoms with Gasteiger partial charge in [-0.25, -0.2) is 0 Å². The maximum Gasteiger partial charge on any atom is 0.122 e. The third-order valence-corrected chi connectivity index (χ3v) is 6.25. The number of benzene rings is 1. The van der Waals surface area contributed by atoms with Crippen LogP contribution in [0.5, 0.6) is 5.75 Å². The Kier molecular flexibility index (Phi) is 7.61. The van der Waals surface area contributed by atoms with Crippen LogP contribution in [-0.2, 0) is 0 Å². The van der Waals surface area contributed by atoms with Gasteiger partial charge < -0.3 is 15.4 Å². The SMILES string of the molecule is Cl.Cl.N#Cc1ccc2c(c1)[C@@H]1CN(CC[C@H]3CC[C@H](N)CC3)C[C@H]1CO2. The Morgan fingerprint density at radius 2 is 1.92 bits per heavy atom. The maximum atomic E-state index is 9.17. The van der Waals surface area contributed by atoms with E-state index < -0.39 is 0 Å². The Morgan fingerprint density at radius 1 is 1.15 bits per heavy atom. The van der Waals surface area contributed by atoms with E-state index in [-0.39, 0.29) is 24.8 Å². The number of nitriles is 1. The van der Waals surface area contributed by atoms with Gasteiger partial charge in [-0.15, -0.1) is 24.8 Å². The van der Waals surface area contributed by atoms with E-state index in [0.717, 1.165) is 36.9 Å². The van der Waals surface area contributed by atoms with Gasteiger partial charge in [0.15, 0.2) is 0 Å². The molecule has 2 heterocycles. The first-order chi connectivity index (χ1) is 11.7. The van der Waals surface area contributed by atoms with Crippen LogP contribution in [0, 0.1) is 23.2 Å². The summed E-state index contributed by atoms with van der Waals surface area (Å²) in [6.07, 6.45) is 6.32. The van der Waals surface area contributed by atoms with Crippen molar-refractivity contribution in [1.29, 1.82) is 5.26 Å². The summed E-state index contributed by atoms with van der Waals surface area (Å²) < 4.78 is 5.94. The fourth-order valence-corrected chi connectivity index (χ4v) is 4.74. The molecule has 1 saturated heterocycles. The largest absolute Gasteiger partial charge is 0.493 e. The van der Waals surface area contributed by atoms with Crippen LogP contribution in [0.3, 0.4) is 0 Å². The Bertz CT molecular complexity index is 640. The summed E-state index contributed by atoms with van der Waals surface area (Å²) in [5.41, 5.74) is 8.01. The smallest absolute Gasteiger partial charge is 0.122 e. The highest BCUT2D eigenvalue weighted by molar-refractivity contribution is 5.85. The highest BCUT2D eigenvalue weighted by atomic mass is 35.5. The average molecular weight is 398 g/mol. The van der Waals surface area contributed by atoms with Crippen LogP contribution in [0.25, 0.3) is 0 Å². The first-order valence-corrected chi connectivity index (χ1v) is 9.37. The summed E-state index contributed by atoms with van der Waals surface area (Å²) in [6.45, 7) is 4.26. The lowest BCUT2D eigenvalue weighted by atomic mass is 9.84. The molecule has 2 atom stereocenters. The number of likely N-dealkylation sites (tertiary alicyclic amines) is 1. The minimum Gasteiger partial charge on any atom is -0.493 e. The van der Waals surface area contributed by atoms with Crippen molar-refractivity contribution in [2.75, 3.05) is 26.2 Å². The van der Waals surface area contributed by atoms with Crippen LogP contribution < -0.4 is 10.5 Å². The number of rotatable bonds is 3. The van der Waals surface area contributed by atoms with E-state index in [2.05, 4.69) is 11.0 Å². The summed E-state index contributed by atoms with van der Waals surface area (Å²) in [5, 5.41) is 9.17. The number of fused-ring (bicyclic) bond motifs is 3. The normalized spacial score (nSPS) is 30.0. The number of hydrogen-bond acceptors (Lipinski definition) is 4. The Morgan fingerprint density at radius 3 is 2.65 bits per heavy atom. The molecule has 144 valence electrons. The zero-order chi connectivity index (χ0) is 16.5. The summed E-state index contributed by atoms with van der Waals surface area (Å²) in [5.74, 6) is 2.95. The van der Waals surface area contributed by atoms with E-state index in [0.29, 0.717) is 17.9 Å². The molecule has 1 saturated carbocycles. The third-order valence-electron chi connectivity index (χ3n) is 6.25. The van der Waals surface area contributed by atoms with Crippen molar-refractivity contribution in [1.82, 2.24) is 4.90 Å². The number of nitrogens with two attached hydrogens (primary N) is 1. The van der Waals surface area contributed by atoms with Crippen molar-refractivity contribution in [3.8, 4) is 11.8 Å². The molecule has 0 radical (unpaired) electrons. The van der Waals surface area contributed by atoms with Gasteiger partial charge in [0, 0.05) is 36.5 Å². The molecule has 26 heavy (non-hydrogen) atoms. The molecule has 4 rings (SSSR count). The molecule has 0 amide bonds. The highest BCUT2D eigenvalue weighted by Crippen LogP contribution is 2.42. The summed E-state index contributed by atoms with van der Waals surface area (Å²) in [7, 11) is 0. The molecule has 3 aliphatic rings. The van der Waals surface area contributed by atoms with E-state index in [1.165, 1.54) is 44.2 Å². The van der Waals surface area contributed by atoms with Gasteiger partial charge in [-0.1, -0.05) is 0 Å². The molecule has 4 nitrogen and oxygen atoms in total. The zero-order valence-electron chi connectivity index (χ0n) is 15.1. The lowest BCUT2D eigenvalue weighted by molar-refractivity contribution is 0.208. The Balaban J connectivity index is 0.00000121. The van der Waals surface area contributed by atoms with Gasteiger partial charge in [0.05, 0.1) is 18.2 Å². The molecule has 1 aliphatic carbocycles. The highest BCUT2D eigenvalue weighted by Gasteiger charge is 2.38. The number of hydrogen-bond donors (Lipinski definition) is 1. The molecule has 2 fully saturated rings. The van der Waals surface area contributed by atoms with Crippen LogP contribution in [0.4, 0.5) is 0 Å². The van der Waals surface area contributed by atoms with Crippen molar-refractivity contribution in [3.63, 3.8) is 0 Å². The van der Waals surface area contributed by atoms with Crippen molar-refractivity contribution in [3.05, 3.63) is 29.3 Å². The van der Waals surface area contributed by atoms with Crippen molar-refractivity contribution in [2.24, 2.45) is 17.6 Å². The van der Waals surface area contributed by atoms with Crippen molar-refractivity contribution >= 4 is 24.8 Å². The standard InChI is InChI=1S/C20H27N3O.2ClH/c21-10-15-3-6-20-18(9-15)19-12-23(11-16(19)13-24-20)8-7-14-1-4-17(22)5-2-14;;/h3,6,9,14,16-17,19H,1-2,4-5,7-8,11-13,22H2;2*1H/t14-,16-,17-,19+;;/m0../s1. The van der Waals surface area contributed by atoms with Gasteiger partial charge >= 0.3 is 0 Å². The number of nitrogens with zero attached hydrogens (tertiary/aromatic N) is 2.